The molecule has 3 nitrogen and oxygen atoms in total. The van der Waals surface area contributed by atoms with Crippen LogP contribution in [0, 0.1) is 0 Å². The summed E-state index contributed by atoms with van der Waals surface area (Å²) in [5, 5.41) is 12.9. The minimum absolute atomic E-state index is 0.125. The van der Waals surface area contributed by atoms with Gasteiger partial charge < -0.3 is 10.4 Å². The molecule has 0 aliphatic carbocycles. The van der Waals surface area contributed by atoms with Gasteiger partial charge in [0.2, 0.25) is 0 Å². The molecule has 1 fully saturated rings. The van der Waals surface area contributed by atoms with Gasteiger partial charge in [0.05, 0.1) is 6.20 Å². The highest BCUT2D eigenvalue weighted by atomic mass is 16.3. The smallest absolute Gasteiger partial charge is 0.134 e. The van der Waals surface area contributed by atoms with E-state index in [0.29, 0.717) is 6.04 Å². The maximum absolute atomic E-state index is 9.35. The molecule has 2 N–H and O–H groups in total. The van der Waals surface area contributed by atoms with Crippen molar-refractivity contribution < 1.29 is 5.11 Å². The van der Waals surface area contributed by atoms with Gasteiger partial charge in [-0.3, -0.25) is 4.98 Å². The highest BCUT2D eigenvalue weighted by Gasteiger charge is 2.39. The van der Waals surface area contributed by atoms with Gasteiger partial charge in [-0.05, 0) is 30.9 Å². The van der Waals surface area contributed by atoms with E-state index in [1.165, 1.54) is 19.0 Å². The summed E-state index contributed by atoms with van der Waals surface area (Å²) in [6.07, 6.45) is 11.1. The van der Waals surface area contributed by atoms with Crippen LogP contribution in [0.5, 0.6) is 5.75 Å². The van der Waals surface area contributed by atoms with E-state index in [-0.39, 0.29) is 11.3 Å². The molecule has 2 atom stereocenters. The van der Waals surface area contributed by atoms with Crippen molar-refractivity contribution in [1.29, 1.82) is 0 Å². The monoisotopic (exact) mass is 202 g/mol. The van der Waals surface area contributed by atoms with Gasteiger partial charge in [0.25, 0.3) is 0 Å². The van der Waals surface area contributed by atoms with E-state index in [4.69, 9.17) is 0 Å². The molecule has 1 aromatic heterocycles. The van der Waals surface area contributed by atoms with E-state index in [9.17, 15) is 5.11 Å². The van der Waals surface area contributed by atoms with Gasteiger partial charge in [0.15, 0.2) is 0 Å². The first-order valence-electron chi connectivity index (χ1n) is 5.36. The highest BCUT2D eigenvalue weighted by molar-refractivity contribution is 5.30. The Bertz CT molecular complexity index is 416. The summed E-state index contributed by atoms with van der Waals surface area (Å²) >= 11 is 0. The van der Waals surface area contributed by atoms with E-state index in [0.717, 1.165) is 12.0 Å². The third-order valence-electron chi connectivity index (χ3n) is 3.32. The highest BCUT2D eigenvalue weighted by Crippen LogP contribution is 2.34. The molecule has 15 heavy (non-hydrogen) atoms. The van der Waals surface area contributed by atoms with Crippen molar-refractivity contribution in [3.8, 4) is 5.75 Å². The molecule has 3 heterocycles. The van der Waals surface area contributed by atoms with Crippen molar-refractivity contribution in [2.45, 2.75) is 30.8 Å². The van der Waals surface area contributed by atoms with Crippen LogP contribution in [0.1, 0.15) is 18.4 Å². The Morgan fingerprint density at radius 1 is 1.53 bits per heavy atom. The Kier molecular flexibility index (Phi) is 1.83. The average Bonchev–Trinajstić information content (AvgIpc) is 2.77. The third-order valence-corrected chi connectivity index (χ3v) is 3.32. The lowest BCUT2D eigenvalue weighted by Gasteiger charge is -2.23. The van der Waals surface area contributed by atoms with Gasteiger partial charge >= 0.3 is 0 Å². The number of fused-ring (bicyclic) bond motifs is 2. The summed E-state index contributed by atoms with van der Waals surface area (Å²) in [5.41, 5.74) is 1.22. The van der Waals surface area contributed by atoms with Crippen molar-refractivity contribution in [3.05, 3.63) is 36.2 Å². The quantitative estimate of drug-likeness (QED) is 0.712. The third kappa shape index (κ3) is 1.53. The Hall–Kier alpha value is -1.35. The van der Waals surface area contributed by atoms with Gasteiger partial charge in [-0.1, -0.05) is 12.2 Å². The first-order valence-corrected chi connectivity index (χ1v) is 5.36. The van der Waals surface area contributed by atoms with Crippen LogP contribution in [-0.2, 0) is 6.42 Å². The van der Waals surface area contributed by atoms with Crippen LogP contribution in [-0.4, -0.2) is 21.7 Å². The summed E-state index contributed by atoms with van der Waals surface area (Å²) in [4.78, 5) is 4.00. The summed E-state index contributed by atoms with van der Waals surface area (Å²) in [5.74, 6) is 0.250. The fourth-order valence-electron chi connectivity index (χ4n) is 2.64. The Balaban J connectivity index is 1.83. The maximum atomic E-state index is 9.35. The van der Waals surface area contributed by atoms with Gasteiger partial charge in [-0.2, -0.15) is 0 Å². The number of nitrogens with one attached hydrogen (secondary N) is 1. The van der Waals surface area contributed by atoms with Crippen LogP contribution in [0.4, 0.5) is 0 Å². The molecule has 2 aliphatic rings. The van der Waals surface area contributed by atoms with Gasteiger partial charge in [-0.25, -0.2) is 0 Å². The first-order chi connectivity index (χ1) is 7.26. The minimum atomic E-state index is 0.125. The second-order valence-corrected chi connectivity index (χ2v) is 4.53. The van der Waals surface area contributed by atoms with Crippen molar-refractivity contribution in [2.24, 2.45) is 0 Å². The molecule has 2 bridgehead atoms. The van der Waals surface area contributed by atoms with Crippen molar-refractivity contribution >= 4 is 0 Å². The number of nitrogens with zero attached hydrogens (tertiary/aromatic N) is 1. The fraction of sp³-hybridized carbons (Fsp3) is 0.417. The predicted molar refractivity (Wildman–Crippen MR) is 57.6 cm³/mol. The topological polar surface area (TPSA) is 45.2 Å². The molecule has 3 rings (SSSR count). The second-order valence-electron chi connectivity index (χ2n) is 4.53. The summed E-state index contributed by atoms with van der Waals surface area (Å²) in [7, 11) is 0. The van der Waals surface area contributed by atoms with Crippen molar-refractivity contribution in [2.75, 3.05) is 0 Å². The van der Waals surface area contributed by atoms with Crippen molar-refractivity contribution in [1.82, 2.24) is 10.3 Å². The summed E-state index contributed by atoms with van der Waals surface area (Å²) < 4.78 is 0. The molecule has 0 spiro atoms. The number of hydrogen-bond donors (Lipinski definition) is 2. The minimum Gasteiger partial charge on any atom is -0.506 e. The van der Waals surface area contributed by atoms with Gasteiger partial charge in [0, 0.05) is 17.8 Å². The Labute approximate surface area is 88.8 Å². The molecule has 2 unspecified atom stereocenters. The van der Waals surface area contributed by atoms with E-state index in [1.54, 1.807) is 6.07 Å². The average molecular weight is 202 g/mol. The lowest BCUT2D eigenvalue weighted by atomic mass is 9.88. The van der Waals surface area contributed by atoms with Crippen LogP contribution in [0.25, 0.3) is 0 Å². The van der Waals surface area contributed by atoms with E-state index >= 15 is 0 Å². The maximum Gasteiger partial charge on any atom is 0.134 e. The van der Waals surface area contributed by atoms with E-state index in [2.05, 4.69) is 22.5 Å². The fourth-order valence-corrected chi connectivity index (χ4v) is 2.64. The molecule has 3 heteroatoms. The standard InChI is InChI=1S/C12H14N2O/c15-11-5-9(7-13-8-11)6-12-3-1-10(14-12)2-4-12/h1,3,5,7-8,10,14-15H,2,4,6H2. The molecule has 0 radical (unpaired) electrons. The Morgan fingerprint density at radius 3 is 3.07 bits per heavy atom. The molecule has 78 valence electrons. The van der Waals surface area contributed by atoms with Gasteiger partial charge in [0.1, 0.15) is 5.75 Å². The molecule has 1 aromatic rings. The molecule has 0 aromatic carbocycles. The lowest BCUT2D eigenvalue weighted by Crippen LogP contribution is -2.38. The second kappa shape index (κ2) is 3.07. The molecular formula is C12H14N2O. The van der Waals surface area contributed by atoms with Crippen LogP contribution >= 0.6 is 0 Å². The summed E-state index contributed by atoms with van der Waals surface area (Å²) in [6, 6.07) is 2.36. The molecule has 1 saturated heterocycles. The number of pyridine rings is 1. The van der Waals surface area contributed by atoms with Crippen LogP contribution < -0.4 is 5.32 Å². The zero-order valence-electron chi connectivity index (χ0n) is 8.48. The zero-order valence-corrected chi connectivity index (χ0v) is 8.48. The predicted octanol–water partition coefficient (Wildman–Crippen LogP) is 1.39. The SMILES string of the molecule is Oc1cncc(CC23C=CC(CC2)N3)c1. The van der Waals surface area contributed by atoms with Crippen LogP contribution in [0.3, 0.4) is 0 Å². The molecule has 0 amide bonds. The molecule has 2 aliphatic heterocycles. The molecule has 0 saturated carbocycles. The number of hydrogen-bond acceptors (Lipinski definition) is 3. The van der Waals surface area contributed by atoms with Crippen molar-refractivity contribution in [3.63, 3.8) is 0 Å². The number of aromatic nitrogens is 1. The normalized spacial score (nSPS) is 32.4. The van der Waals surface area contributed by atoms with Gasteiger partial charge in [-0.15, -0.1) is 0 Å². The zero-order chi connectivity index (χ0) is 10.3. The largest absolute Gasteiger partial charge is 0.506 e. The van der Waals surface area contributed by atoms with Crippen LogP contribution in [0.2, 0.25) is 0 Å². The van der Waals surface area contributed by atoms with E-state index in [1.807, 2.05) is 6.20 Å². The number of aromatic hydroxyl groups is 1. The van der Waals surface area contributed by atoms with Crippen LogP contribution in [0.15, 0.2) is 30.6 Å². The first kappa shape index (κ1) is 8.92. The summed E-state index contributed by atoms with van der Waals surface area (Å²) in [6.45, 7) is 0. The molecular weight excluding hydrogens is 188 g/mol. The van der Waals surface area contributed by atoms with E-state index < -0.39 is 0 Å². The lowest BCUT2D eigenvalue weighted by molar-refractivity contribution is 0.460. The Morgan fingerprint density at radius 2 is 2.47 bits per heavy atom. The number of rotatable bonds is 2.